The molecular formula is C16H21FN6O. The van der Waals surface area contributed by atoms with E-state index in [-0.39, 0.29) is 17.6 Å². The molecule has 24 heavy (non-hydrogen) atoms. The Hall–Kier alpha value is -2.35. The van der Waals surface area contributed by atoms with Crippen molar-refractivity contribution in [1.29, 1.82) is 0 Å². The molecule has 0 bridgehead atoms. The predicted molar refractivity (Wildman–Crippen MR) is 86.2 cm³/mol. The first-order valence-corrected chi connectivity index (χ1v) is 8.08. The highest BCUT2D eigenvalue weighted by molar-refractivity contribution is 5.78. The Morgan fingerprint density at radius 1 is 1.17 bits per heavy atom. The fraction of sp³-hybridized carbons (Fsp3) is 0.500. The minimum atomic E-state index is -0.292. The summed E-state index contributed by atoms with van der Waals surface area (Å²) in [5, 5.41) is 12.4. The van der Waals surface area contributed by atoms with Crippen LogP contribution in [0.25, 0.3) is 11.4 Å². The van der Waals surface area contributed by atoms with E-state index in [0.29, 0.717) is 12.5 Å². The number of carbonyl (C=O) groups is 1. The van der Waals surface area contributed by atoms with Gasteiger partial charge in [-0.3, -0.25) is 9.69 Å². The minimum Gasteiger partial charge on any atom is -0.340 e. The van der Waals surface area contributed by atoms with Crippen molar-refractivity contribution < 1.29 is 9.18 Å². The lowest BCUT2D eigenvalue weighted by Crippen LogP contribution is -2.50. The Morgan fingerprint density at radius 2 is 1.83 bits per heavy atom. The van der Waals surface area contributed by atoms with E-state index in [1.54, 1.807) is 12.1 Å². The molecule has 0 spiro atoms. The number of tetrazole rings is 1. The SMILES string of the molecule is CC(C)C(=O)N1CCN(Cn2nnc(-c3ccc(F)cc3)n2)CC1. The standard InChI is InChI=1S/C16H21FN6O/c1-12(2)16(24)22-9-7-21(8-10-22)11-23-19-15(18-20-23)13-3-5-14(17)6-4-13/h3-6,12H,7-11H2,1-2H3. The maximum Gasteiger partial charge on any atom is 0.225 e. The van der Waals surface area contributed by atoms with E-state index in [1.165, 1.54) is 16.9 Å². The number of benzene rings is 1. The lowest BCUT2D eigenvalue weighted by Gasteiger charge is -2.35. The van der Waals surface area contributed by atoms with Crippen LogP contribution in [0.1, 0.15) is 13.8 Å². The second kappa shape index (κ2) is 7.04. The van der Waals surface area contributed by atoms with Crippen LogP contribution >= 0.6 is 0 Å². The molecule has 0 atom stereocenters. The van der Waals surface area contributed by atoms with Gasteiger partial charge >= 0.3 is 0 Å². The van der Waals surface area contributed by atoms with Crippen LogP contribution in [0.2, 0.25) is 0 Å². The zero-order valence-corrected chi connectivity index (χ0v) is 13.9. The van der Waals surface area contributed by atoms with Crippen molar-refractivity contribution in [2.24, 2.45) is 5.92 Å². The fourth-order valence-electron chi connectivity index (χ4n) is 2.67. The van der Waals surface area contributed by atoms with Crippen LogP contribution in [0, 0.1) is 11.7 Å². The van der Waals surface area contributed by atoms with Gasteiger partial charge in [-0.15, -0.1) is 15.0 Å². The van der Waals surface area contributed by atoms with Crippen molar-refractivity contribution in [3.63, 3.8) is 0 Å². The Kier molecular flexibility index (Phi) is 4.84. The molecule has 0 unspecified atom stereocenters. The monoisotopic (exact) mass is 332 g/mol. The van der Waals surface area contributed by atoms with Crippen molar-refractivity contribution in [2.45, 2.75) is 20.5 Å². The Bertz CT molecular complexity index is 691. The first-order valence-electron chi connectivity index (χ1n) is 8.08. The van der Waals surface area contributed by atoms with Gasteiger partial charge in [-0.1, -0.05) is 13.8 Å². The average molecular weight is 332 g/mol. The lowest BCUT2D eigenvalue weighted by molar-refractivity contribution is -0.136. The maximum absolute atomic E-state index is 13.0. The molecule has 1 aliphatic rings. The molecule has 0 saturated carbocycles. The van der Waals surface area contributed by atoms with Crippen molar-refractivity contribution in [3.8, 4) is 11.4 Å². The quantitative estimate of drug-likeness (QED) is 0.843. The van der Waals surface area contributed by atoms with Gasteiger partial charge in [-0.2, -0.15) is 0 Å². The van der Waals surface area contributed by atoms with E-state index in [4.69, 9.17) is 0 Å². The van der Waals surface area contributed by atoms with Gasteiger partial charge in [0, 0.05) is 37.7 Å². The van der Waals surface area contributed by atoms with E-state index < -0.39 is 0 Å². The topological polar surface area (TPSA) is 67.2 Å². The second-order valence-electron chi connectivity index (χ2n) is 6.23. The molecule has 128 valence electrons. The third-order valence-corrected chi connectivity index (χ3v) is 4.06. The summed E-state index contributed by atoms with van der Waals surface area (Å²) in [7, 11) is 0. The second-order valence-corrected chi connectivity index (χ2v) is 6.23. The zero-order chi connectivity index (χ0) is 17.1. The molecule has 1 aromatic carbocycles. The van der Waals surface area contributed by atoms with E-state index in [1.807, 2.05) is 18.7 Å². The molecule has 1 aromatic heterocycles. The van der Waals surface area contributed by atoms with Crippen molar-refractivity contribution in [2.75, 3.05) is 26.2 Å². The average Bonchev–Trinajstić information content (AvgIpc) is 3.04. The van der Waals surface area contributed by atoms with Crippen LogP contribution in [-0.4, -0.2) is 62.1 Å². The summed E-state index contributed by atoms with van der Waals surface area (Å²) in [4.78, 5) is 17.6. The first-order chi connectivity index (χ1) is 11.5. The molecule has 1 amide bonds. The first kappa shape index (κ1) is 16.5. The molecule has 0 radical (unpaired) electrons. The third-order valence-electron chi connectivity index (χ3n) is 4.06. The van der Waals surface area contributed by atoms with Crippen LogP contribution in [0.5, 0.6) is 0 Å². The van der Waals surface area contributed by atoms with E-state index in [0.717, 1.165) is 31.7 Å². The fourth-order valence-corrected chi connectivity index (χ4v) is 2.67. The molecule has 1 aliphatic heterocycles. The van der Waals surface area contributed by atoms with Gasteiger partial charge in [-0.25, -0.2) is 4.39 Å². The number of hydrogen-bond acceptors (Lipinski definition) is 5. The summed E-state index contributed by atoms with van der Waals surface area (Å²) in [6, 6.07) is 6.02. The largest absolute Gasteiger partial charge is 0.340 e. The molecule has 1 saturated heterocycles. The Balaban J connectivity index is 1.56. The summed E-state index contributed by atoms with van der Waals surface area (Å²) in [6.45, 7) is 7.37. The number of rotatable bonds is 4. The van der Waals surface area contributed by atoms with Gasteiger partial charge in [0.1, 0.15) is 12.5 Å². The van der Waals surface area contributed by atoms with Crippen molar-refractivity contribution in [1.82, 2.24) is 30.0 Å². The smallest absolute Gasteiger partial charge is 0.225 e. The molecule has 2 aromatic rings. The van der Waals surface area contributed by atoms with Gasteiger partial charge in [-0.05, 0) is 29.5 Å². The lowest BCUT2D eigenvalue weighted by atomic mass is 10.1. The van der Waals surface area contributed by atoms with Gasteiger partial charge in [0.2, 0.25) is 11.7 Å². The van der Waals surface area contributed by atoms with Gasteiger partial charge in [0.05, 0.1) is 0 Å². The van der Waals surface area contributed by atoms with E-state index in [2.05, 4.69) is 20.3 Å². The molecule has 2 heterocycles. The van der Waals surface area contributed by atoms with Crippen LogP contribution in [-0.2, 0) is 11.5 Å². The highest BCUT2D eigenvalue weighted by Gasteiger charge is 2.23. The number of halogens is 1. The zero-order valence-electron chi connectivity index (χ0n) is 13.9. The molecular weight excluding hydrogens is 311 g/mol. The van der Waals surface area contributed by atoms with Crippen LogP contribution in [0.3, 0.4) is 0 Å². The molecule has 0 N–H and O–H groups in total. The highest BCUT2D eigenvalue weighted by Crippen LogP contribution is 2.14. The van der Waals surface area contributed by atoms with Crippen LogP contribution in [0.4, 0.5) is 4.39 Å². The molecule has 8 heteroatoms. The van der Waals surface area contributed by atoms with Gasteiger partial charge in [0.25, 0.3) is 0 Å². The summed E-state index contributed by atoms with van der Waals surface area (Å²) >= 11 is 0. The van der Waals surface area contributed by atoms with Crippen molar-refractivity contribution in [3.05, 3.63) is 30.1 Å². The van der Waals surface area contributed by atoms with Crippen molar-refractivity contribution >= 4 is 5.91 Å². The minimum absolute atomic E-state index is 0.0341. The predicted octanol–water partition coefficient (Wildman–Crippen LogP) is 1.24. The molecule has 1 fully saturated rings. The Morgan fingerprint density at radius 3 is 2.46 bits per heavy atom. The molecule has 7 nitrogen and oxygen atoms in total. The summed E-state index contributed by atoms with van der Waals surface area (Å²) in [5.74, 6) is 0.419. The summed E-state index contributed by atoms with van der Waals surface area (Å²) in [6.07, 6.45) is 0. The maximum atomic E-state index is 13.0. The number of piperazine rings is 1. The summed E-state index contributed by atoms with van der Waals surface area (Å²) in [5.41, 5.74) is 0.731. The normalized spacial score (nSPS) is 15.9. The van der Waals surface area contributed by atoms with Crippen LogP contribution < -0.4 is 0 Å². The van der Waals surface area contributed by atoms with E-state index >= 15 is 0 Å². The molecule has 3 rings (SSSR count). The summed E-state index contributed by atoms with van der Waals surface area (Å²) < 4.78 is 13.0. The number of amides is 1. The number of hydrogen-bond donors (Lipinski definition) is 0. The number of carbonyl (C=O) groups excluding carboxylic acids is 1. The van der Waals surface area contributed by atoms with Crippen LogP contribution in [0.15, 0.2) is 24.3 Å². The number of nitrogens with zero attached hydrogens (tertiary/aromatic N) is 6. The van der Waals surface area contributed by atoms with Gasteiger partial charge in [0.15, 0.2) is 0 Å². The highest BCUT2D eigenvalue weighted by atomic mass is 19.1. The Labute approximate surface area is 140 Å². The molecule has 0 aliphatic carbocycles. The van der Waals surface area contributed by atoms with E-state index in [9.17, 15) is 9.18 Å². The third kappa shape index (κ3) is 3.76. The number of aromatic nitrogens is 4. The van der Waals surface area contributed by atoms with Gasteiger partial charge < -0.3 is 4.90 Å².